The first-order valence-electron chi connectivity index (χ1n) is 9.89. The van der Waals surface area contributed by atoms with Crippen LogP contribution in [0.25, 0.3) is 11.5 Å². The third-order valence-corrected chi connectivity index (χ3v) is 7.18. The van der Waals surface area contributed by atoms with E-state index in [2.05, 4.69) is 40.2 Å². The molecule has 2 aliphatic heterocycles. The topological polar surface area (TPSA) is 51.1 Å². The Morgan fingerprint density at radius 1 is 1.11 bits per heavy atom. The predicted octanol–water partition coefficient (Wildman–Crippen LogP) is 4.29. The Hall–Kier alpha value is -2.31. The van der Waals surface area contributed by atoms with Gasteiger partial charge >= 0.3 is 0 Å². The van der Waals surface area contributed by atoms with Gasteiger partial charge in [0, 0.05) is 35.4 Å². The number of hydrogen-bond donors (Lipinski definition) is 0. The van der Waals surface area contributed by atoms with Crippen LogP contribution >= 0.6 is 11.3 Å². The van der Waals surface area contributed by atoms with Gasteiger partial charge in [0.1, 0.15) is 17.1 Å². The molecule has 1 spiro atoms. The smallest absolute Gasteiger partial charge is 0.180 e. The maximum absolute atomic E-state index is 6.36. The zero-order valence-corrected chi connectivity index (χ0v) is 17.1. The summed E-state index contributed by atoms with van der Waals surface area (Å²) in [6.45, 7) is 6.89. The lowest BCUT2D eigenvalue weighted by molar-refractivity contribution is -0.0735. The highest BCUT2D eigenvalue weighted by atomic mass is 32.1. The maximum atomic E-state index is 6.36. The highest BCUT2D eigenvalue weighted by molar-refractivity contribution is 7.10. The second kappa shape index (κ2) is 6.94. The van der Waals surface area contributed by atoms with Crippen LogP contribution in [-0.2, 0) is 16.8 Å². The van der Waals surface area contributed by atoms with Crippen LogP contribution in [0.2, 0.25) is 0 Å². The first kappa shape index (κ1) is 17.8. The highest BCUT2D eigenvalue weighted by Crippen LogP contribution is 2.45. The lowest BCUT2D eigenvalue weighted by Gasteiger charge is -2.44. The lowest BCUT2D eigenvalue weighted by Crippen LogP contribution is -2.46. The Labute approximate surface area is 169 Å². The molecule has 0 amide bonds. The average Bonchev–Trinajstić information content (AvgIpc) is 3.22. The van der Waals surface area contributed by atoms with E-state index in [9.17, 15) is 0 Å². The third kappa shape index (κ3) is 2.91. The first-order chi connectivity index (χ1) is 13.7. The second-order valence-electron chi connectivity index (χ2n) is 7.65. The minimum absolute atomic E-state index is 0.0992. The standard InChI is InChI=1S/C22H24N4OS/c1-15-16(2)24-20(18-5-3-4-10-23-18)25-21(15)26-11-8-22(9-12-26)19-17(6-13-27-22)7-14-28-19/h3-5,7,10,14H,6,8-9,11-13H2,1-2H3. The zero-order valence-electron chi connectivity index (χ0n) is 16.3. The number of rotatable bonds is 2. The van der Waals surface area contributed by atoms with Gasteiger partial charge in [-0.05, 0) is 62.3 Å². The summed E-state index contributed by atoms with van der Waals surface area (Å²) in [5.74, 6) is 1.73. The van der Waals surface area contributed by atoms with E-state index < -0.39 is 0 Å². The van der Waals surface area contributed by atoms with Crippen molar-refractivity contribution >= 4 is 17.2 Å². The Bertz CT molecular complexity index is 993. The molecule has 1 saturated heterocycles. The molecule has 144 valence electrons. The molecular formula is C22H24N4OS. The van der Waals surface area contributed by atoms with Crippen molar-refractivity contribution in [3.8, 4) is 11.5 Å². The van der Waals surface area contributed by atoms with Crippen LogP contribution in [0, 0.1) is 13.8 Å². The van der Waals surface area contributed by atoms with Gasteiger partial charge in [0.25, 0.3) is 0 Å². The number of fused-ring (bicyclic) bond motifs is 2. The third-order valence-electron chi connectivity index (χ3n) is 6.04. The zero-order chi connectivity index (χ0) is 19.1. The number of aromatic nitrogens is 3. The number of ether oxygens (including phenoxy) is 1. The molecule has 5 rings (SSSR count). The Morgan fingerprint density at radius 3 is 2.75 bits per heavy atom. The number of anilines is 1. The van der Waals surface area contributed by atoms with Crippen molar-refractivity contribution in [1.29, 1.82) is 0 Å². The molecule has 6 heteroatoms. The fraction of sp³-hybridized carbons (Fsp3) is 0.409. The molecule has 3 aromatic rings. The van der Waals surface area contributed by atoms with Crippen molar-refractivity contribution in [2.45, 2.75) is 38.7 Å². The molecular weight excluding hydrogens is 368 g/mol. The number of nitrogens with zero attached hydrogens (tertiary/aromatic N) is 4. The van der Waals surface area contributed by atoms with Gasteiger partial charge in [-0.1, -0.05) is 6.07 Å². The average molecular weight is 393 g/mol. The summed E-state index contributed by atoms with van der Waals surface area (Å²) in [5.41, 5.74) is 4.37. The minimum Gasteiger partial charge on any atom is -0.369 e. The molecule has 2 aliphatic rings. The van der Waals surface area contributed by atoms with Gasteiger partial charge in [0.05, 0.1) is 6.61 Å². The van der Waals surface area contributed by atoms with Crippen molar-refractivity contribution < 1.29 is 4.74 Å². The van der Waals surface area contributed by atoms with E-state index in [1.54, 1.807) is 6.20 Å². The first-order valence-corrected chi connectivity index (χ1v) is 10.8. The van der Waals surface area contributed by atoms with Crippen molar-refractivity contribution in [1.82, 2.24) is 15.0 Å². The number of piperidine rings is 1. The summed E-state index contributed by atoms with van der Waals surface area (Å²) in [6, 6.07) is 8.13. The number of hydrogen-bond acceptors (Lipinski definition) is 6. The van der Waals surface area contributed by atoms with Crippen molar-refractivity contribution in [3.05, 3.63) is 57.5 Å². The van der Waals surface area contributed by atoms with Gasteiger partial charge in [-0.25, -0.2) is 9.97 Å². The van der Waals surface area contributed by atoms with Gasteiger partial charge < -0.3 is 9.64 Å². The van der Waals surface area contributed by atoms with E-state index in [0.717, 1.165) is 61.7 Å². The van der Waals surface area contributed by atoms with Crippen LogP contribution in [-0.4, -0.2) is 34.6 Å². The summed E-state index contributed by atoms with van der Waals surface area (Å²) in [6.07, 6.45) is 4.84. The van der Waals surface area contributed by atoms with Crippen molar-refractivity contribution in [2.24, 2.45) is 0 Å². The Kier molecular flexibility index (Phi) is 4.40. The molecule has 0 aliphatic carbocycles. The molecule has 5 nitrogen and oxygen atoms in total. The number of aryl methyl sites for hydroxylation is 1. The van der Waals surface area contributed by atoms with Gasteiger partial charge in [-0.15, -0.1) is 11.3 Å². The molecule has 0 unspecified atom stereocenters. The molecule has 3 aromatic heterocycles. The van der Waals surface area contributed by atoms with Crippen molar-refractivity contribution in [2.75, 3.05) is 24.6 Å². The summed E-state index contributed by atoms with van der Waals surface area (Å²) < 4.78 is 6.36. The normalized spacial score (nSPS) is 18.3. The predicted molar refractivity (Wildman–Crippen MR) is 112 cm³/mol. The van der Waals surface area contributed by atoms with Gasteiger partial charge in [0.15, 0.2) is 5.82 Å². The van der Waals surface area contributed by atoms with E-state index in [0.29, 0.717) is 5.82 Å². The van der Waals surface area contributed by atoms with E-state index in [1.807, 2.05) is 29.5 Å². The minimum atomic E-state index is -0.0992. The largest absolute Gasteiger partial charge is 0.369 e. The van der Waals surface area contributed by atoms with Gasteiger partial charge in [-0.2, -0.15) is 0 Å². The summed E-state index contributed by atoms with van der Waals surface area (Å²) in [7, 11) is 0. The molecule has 5 heterocycles. The lowest BCUT2D eigenvalue weighted by atomic mass is 9.85. The van der Waals surface area contributed by atoms with E-state index in [1.165, 1.54) is 10.4 Å². The molecule has 0 N–H and O–H groups in total. The second-order valence-corrected chi connectivity index (χ2v) is 8.57. The molecule has 1 fully saturated rings. The highest BCUT2D eigenvalue weighted by Gasteiger charge is 2.42. The maximum Gasteiger partial charge on any atom is 0.180 e. The van der Waals surface area contributed by atoms with Crippen molar-refractivity contribution in [3.63, 3.8) is 0 Å². The van der Waals surface area contributed by atoms with Gasteiger partial charge in [-0.3, -0.25) is 4.98 Å². The SMILES string of the molecule is Cc1nc(-c2ccccn2)nc(N2CCC3(CC2)OCCc2ccsc23)c1C. The quantitative estimate of drug-likeness (QED) is 0.651. The fourth-order valence-electron chi connectivity index (χ4n) is 4.34. The van der Waals surface area contributed by atoms with Crippen LogP contribution < -0.4 is 4.90 Å². The van der Waals surface area contributed by atoms with E-state index >= 15 is 0 Å². The van der Waals surface area contributed by atoms with E-state index in [4.69, 9.17) is 9.72 Å². The molecule has 0 saturated carbocycles. The molecule has 0 atom stereocenters. The summed E-state index contributed by atoms with van der Waals surface area (Å²) in [4.78, 5) is 17.9. The number of thiophene rings is 1. The van der Waals surface area contributed by atoms with Crippen LogP contribution in [0.15, 0.2) is 35.8 Å². The Balaban J connectivity index is 1.44. The van der Waals surface area contributed by atoms with E-state index in [-0.39, 0.29) is 5.60 Å². The molecule has 28 heavy (non-hydrogen) atoms. The summed E-state index contributed by atoms with van der Waals surface area (Å²) >= 11 is 1.86. The van der Waals surface area contributed by atoms with Gasteiger partial charge in [0.2, 0.25) is 0 Å². The van der Waals surface area contributed by atoms with Crippen LogP contribution in [0.5, 0.6) is 0 Å². The Morgan fingerprint density at radius 2 is 1.96 bits per heavy atom. The number of pyridine rings is 1. The summed E-state index contributed by atoms with van der Waals surface area (Å²) in [5, 5.41) is 2.21. The molecule has 0 bridgehead atoms. The fourth-order valence-corrected chi connectivity index (χ4v) is 5.50. The van der Waals surface area contributed by atoms with Crippen LogP contribution in [0.1, 0.15) is 34.5 Å². The monoisotopic (exact) mass is 392 g/mol. The molecule has 0 aromatic carbocycles. The van der Waals surface area contributed by atoms with Crippen LogP contribution in [0.3, 0.4) is 0 Å². The molecule has 0 radical (unpaired) electrons. The van der Waals surface area contributed by atoms with Crippen LogP contribution in [0.4, 0.5) is 5.82 Å².